The minimum atomic E-state index is -0.420. The minimum absolute atomic E-state index is 0.294. The summed E-state index contributed by atoms with van der Waals surface area (Å²) in [5.74, 6) is -0.734. The van der Waals surface area contributed by atoms with Crippen LogP contribution in [0.3, 0.4) is 0 Å². The Morgan fingerprint density at radius 2 is 2.15 bits per heavy atom. The number of carbonyl (C=O) groups excluding carboxylic acids is 2. The van der Waals surface area contributed by atoms with Crippen molar-refractivity contribution in [3.63, 3.8) is 0 Å². The highest BCUT2D eigenvalue weighted by molar-refractivity contribution is 7.16. The number of amides is 1. The molecule has 2 heterocycles. The van der Waals surface area contributed by atoms with Crippen LogP contribution in [0.2, 0.25) is 0 Å². The average Bonchev–Trinajstić information content (AvgIpc) is 3.00. The van der Waals surface area contributed by atoms with Crippen LogP contribution in [-0.2, 0) is 4.74 Å². The highest BCUT2D eigenvalue weighted by Gasteiger charge is 2.22. The molecule has 0 atom stereocenters. The van der Waals surface area contributed by atoms with Gasteiger partial charge in [0.25, 0.3) is 5.91 Å². The first-order valence-corrected chi connectivity index (χ1v) is 6.96. The zero-order valence-electron chi connectivity index (χ0n) is 11.5. The van der Waals surface area contributed by atoms with Crippen molar-refractivity contribution in [2.24, 2.45) is 0 Å². The van der Waals surface area contributed by atoms with E-state index in [2.05, 4.69) is 5.32 Å². The average molecular weight is 293 g/mol. The predicted octanol–water partition coefficient (Wildman–Crippen LogP) is 3.39. The Bertz CT molecular complexity index is 628. The molecule has 0 bridgehead atoms. The van der Waals surface area contributed by atoms with E-state index in [0.29, 0.717) is 22.7 Å². The smallest absolute Gasteiger partial charge is 0.341 e. The maximum atomic E-state index is 12.0. The zero-order chi connectivity index (χ0) is 14.7. The van der Waals surface area contributed by atoms with Gasteiger partial charge in [0.2, 0.25) is 0 Å². The Morgan fingerprint density at radius 1 is 1.40 bits per heavy atom. The molecular weight excluding hydrogens is 278 g/mol. The van der Waals surface area contributed by atoms with E-state index in [1.165, 1.54) is 23.9 Å². The Labute approximate surface area is 120 Å². The Balaban J connectivity index is 2.30. The summed E-state index contributed by atoms with van der Waals surface area (Å²) in [7, 11) is 0. The van der Waals surface area contributed by atoms with E-state index in [4.69, 9.17) is 9.15 Å². The molecule has 2 rings (SSSR count). The molecule has 0 fully saturated rings. The van der Waals surface area contributed by atoms with Gasteiger partial charge in [0.1, 0.15) is 11.3 Å². The third-order valence-electron chi connectivity index (χ3n) is 2.88. The van der Waals surface area contributed by atoms with E-state index in [1.807, 2.05) is 13.8 Å². The number of thiophene rings is 1. The number of carbonyl (C=O) groups is 2. The van der Waals surface area contributed by atoms with Gasteiger partial charge in [0, 0.05) is 4.88 Å². The van der Waals surface area contributed by atoms with Crippen LogP contribution in [0, 0.1) is 13.8 Å². The minimum Gasteiger partial charge on any atom is -0.472 e. The highest BCUT2D eigenvalue weighted by Crippen LogP contribution is 2.33. The fourth-order valence-electron chi connectivity index (χ4n) is 1.73. The van der Waals surface area contributed by atoms with Gasteiger partial charge in [0.05, 0.1) is 24.0 Å². The number of hydrogen-bond acceptors (Lipinski definition) is 5. The third-order valence-corrected chi connectivity index (χ3v) is 4.00. The molecule has 0 aromatic carbocycles. The van der Waals surface area contributed by atoms with Crippen LogP contribution in [0.4, 0.5) is 5.00 Å². The summed E-state index contributed by atoms with van der Waals surface area (Å²) in [6, 6.07) is 1.56. The lowest BCUT2D eigenvalue weighted by Crippen LogP contribution is -2.14. The third kappa shape index (κ3) is 2.75. The summed E-state index contributed by atoms with van der Waals surface area (Å²) in [5.41, 5.74) is 1.66. The van der Waals surface area contributed by atoms with Crippen molar-refractivity contribution in [2.75, 3.05) is 11.9 Å². The summed E-state index contributed by atoms with van der Waals surface area (Å²) in [4.78, 5) is 25.0. The first kappa shape index (κ1) is 14.3. The number of rotatable bonds is 4. The standard InChI is InChI=1S/C14H15NO4S/c1-4-19-14(17)11-8(2)9(3)20-13(11)15-12(16)10-5-6-18-7-10/h5-7H,4H2,1-3H3,(H,15,16). The summed E-state index contributed by atoms with van der Waals surface area (Å²) >= 11 is 1.36. The topological polar surface area (TPSA) is 68.5 Å². The maximum Gasteiger partial charge on any atom is 0.341 e. The summed E-state index contributed by atoms with van der Waals surface area (Å²) in [6.45, 7) is 5.78. The zero-order valence-corrected chi connectivity index (χ0v) is 12.3. The van der Waals surface area contributed by atoms with Crippen LogP contribution in [0.25, 0.3) is 0 Å². The predicted molar refractivity (Wildman–Crippen MR) is 76.4 cm³/mol. The van der Waals surface area contributed by atoms with E-state index < -0.39 is 5.97 Å². The summed E-state index contributed by atoms with van der Waals surface area (Å²) < 4.78 is 9.90. The molecule has 20 heavy (non-hydrogen) atoms. The van der Waals surface area contributed by atoms with E-state index in [1.54, 1.807) is 13.0 Å². The monoisotopic (exact) mass is 293 g/mol. The lowest BCUT2D eigenvalue weighted by molar-refractivity contribution is 0.0527. The summed E-state index contributed by atoms with van der Waals surface area (Å²) in [6.07, 6.45) is 2.78. The number of aryl methyl sites for hydroxylation is 1. The van der Waals surface area contributed by atoms with Gasteiger partial charge in [-0.2, -0.15) is 0 Å². The second-order valence-electron chi connectivity index (χ2n) is 4.17. The van der Waals surface area contributed by atoms with Gasteiger partial charge in [-0.15, -0.1) is 11.3 Å². The first-order valence-electron chi connectivity index (χ1n) is 6.15. The molecule has 1 N–H and O–H groups in total. The van der Waals surface area contributed by atoms with Crippen molar-refractivity contribution in [1.29, 1.82) is 0 Å². The molecule has 0 saturated heterocycles. The van der Waals surface area contributed by atoms with E-state index in [9.17, 15) is 9.59 Å². The van der Waals surface area contributed by atoms with Gasteiger partial charge in [0.15, 0.2) is 0 Å². The number of esters is 1. The first-order chi connectivity index (χ1) is 9.54. The number of nitrogens with one attached hydrogen (secondary N) is 1. The Kier molecular flexibility index (Phi) is 4.24. The van der Waals surface area contributed by atoms with Crippen LogP contribution < -0.4 is 5.32 Å². The Morgan fingerprint density at radius 3 is 2.75 bits per heavy atom. The largest absolute Gasteiger partial charge is 0.472 e. The molecule has 6 heteroatoms. The molecule has 0 aliphatic carbocycles. The molecule has 5 nitrogen and oxygen atoms in total. The molecule has 0 saturated carbocycles. The van der Waals surface area contributed by atoms with Gasteiger partial charge in [-0.25, -0.2) is 4.79 Å². The molecule has 1 amide bonds. The van der Waals surface area contributed by atoms with Gasteiger partial charge in [-0.1, -0.05) is 0 Å². The molecule has 2 aromatic heterocycles. The number of hydrogen-bond donors (Lipinski definition) is 1. The van der Waals surface area contributed by atoms with Crippen molar-refractivity contribution < 1.29 is 18.7 Å². The summed E-state index contributed by atoms with van der Waals surface area (Å²) in [5, 5.41) is 3.24. The van der Waals surface area contributed by atoms with Crippen LogP contribution in [-0.4, -0.2) is 18.5 Å². The van der Waals surface area contributed by atoms with Crippen LogP contribution in [0.1, 0.15) is 38.1 Å². The van der Waals surface area contributed by atoms with Crippen molar-refractivity contribution in [1.82, 2.24) is 0 Å². The van der Waals surface area contributed by atoms with Crippen molar-refractivity contribution in [3.8, 4) is 0 Å². The number of ether oxygens (including phenoxy) is 1. The fraction of sp³-hybridized carbons (Fsp3) is 0.286. The van der Waals surface area contributed by atoms with Crippen LogP contribution >= 0.6 is 11.3 Å². The lowest BCUT2D eigenvalue weighted by Gasteiger charge is -2.06. The van der Waals surface area contributed by atoms with Crippen molar-refractivity contribution >= 4 is 28.2 Å². The van der Waals surface area contributed by atoms with Crippen molar-refractivity contribution in [3.05, 3.63) is 40.2 Å². The quantitative estimate of drug-likeness (QED) is 0.877. The molecule has 0 aliphatic heterocycles. The second-order valence-corrected chi connectivity index (χ2v) is 5.40. The van der Waals surface area contributed by atoms with Gasteiger partial charge < -0.3 is 14.5 Å². The molecule has 106 valence electrons. The van der Waals surface area contributed by atoms with Gasteiger partial charge in [-0.3, -0.25) is 4.79 Å². The lowest BCUT2D eigenvalue weighted by atomic mass is 10.1. The molecule has 0 radical (unpaired) electrons. The molecule has 2 aromatic rings. The molecule has 0 aliphatic rings. The number of furan rings is 1. The van der Waals surface area contributed by atoms with E-state index in [0.717, 1.165) is 10.4 Å². The fourth-order valence-corrected chi connectivity index (χ4v) is 2.78. The van der Waals surface area contributed by atoms with Crippen LogP contribution in [0.15, 0.2) is 23.0 Å². The highest BCUT2D eigenvalue weighted by atomic mass is 32.1. The van der Waals surface area contributed by atoms with E-state index >= 15 is 0 Å². The molecular formula is C14H15NO4S. The molecule has 0 unspecified atom stereocenters. The van der Waals surface area contributed by atoms with Crippen LogP contribution in [0.5, 0.6) is 0 Å². The second kappa shape index (κ2) is 5.92. The number of anilines is 1. The Hall–Kier alpha value is -2.08. The van der Waals surface area contributed by atoms with Crippen molar-refractivity contribution in [2.45, 2.75) is 20.8 Å². The van der Waals surface area contributed by atoms with Gasteiger partial charge >= 0.3 is 5.97 Å². The maximum absolute atomic E-state index is 12.0. The van der Waals surface area contributed by atoms with E-state index in [-0.39, 0.29) is 5.91 Å². The molecule has 0 spiro atoms. The normalized spacial score (nSPS) is 10.3. The van der Waals surface area contributed by atoms with Gasteiger partial charge in [-0.05, 0) is 32.4 Å². The SMILES string of the molecule is CCOC(=O)c1c(NC(=O)c2ccoc2)sc(C)c1C.